The molecule has 1 amide bonds. The van der Waals surface area contributed by atoms with Crippen LogP contribution in [-0.2, 0) is 30.8 Å². The van der Waals surface area contributed by atoms with Gasteiger partial charge in [0, 0.05) is 12.2 Å². The van der Waals surface area contributed by atoms with Crippen LogP contribution in [0.2, 0.25) is 0 Å². The van der Waals surface area contributed by atoms with Gasteiger partial charge in [0.1, 0.15) is 5.82 Å². The second-order valence-corrected chi connectivity index (χ2v) is 7.40. The van der Waals surface area contributed by atoms with Gasteiger partial charge in [0.2, 0.25) is 5.91 Å². The molecule has 4 nitrogen and oxygen atoms in total. The van der Waals surface area contributed by atoms with Crippen LogP contribution in [0.4, 0.5) is 4.39 Å². The highest BCUT2D eigenvalue weighted by atomic mass is 19.1. The Morgan fingerprint density at radius 1 is 1.15 bits per heavy atom. The van der Waals surface area contributed by atoms with E-state index in [-0.39, 0.29) is 36.8 Å². The number of halogens is 1. The summed E-state index contributed by atoms with van der Waals surface area (Å²) in [6, 6.07) is 12.7. The van der Waals surface area contributed by atoms with E-state index in [2.05, 4.69) is 24.0 Å². The Kier molecular flexibility index (Phi) is 4.70. The molecule has 0 aromatic heterocycles. The molecule has 2 aliphatic rings. The summed E-state index contributed by atoms with van der Waals surface area (Å²) in [6.45, 7) is 4.68. The molecule has 0 bridgehead atoms. The number of benzene rings is 2. The molecule has 5 heteroatoms. The van der Waals surface area contributed by atoms with Gasteiger partial charge in [-0.15, -0.1) is 0 Å². The van der Waals surface area contributed by atoms with E-state index in [0.717, 1.165) is 24.1 Å². The molecule has 0 spiro atoms. The quantitative estimate of drug-likeness (QED) is 0.874. The van der Waals surface area contributed by atoms with Crippen LogP contribution in [0.15, 0.2) is 54.7 Å². The number of amides is 1. The number of hydrogen-bond acceptors (Lipinski definition) is 3. The smallest absolute Gasteiger partial charge is 0.240 e. The van der Waals surface area contributed by atoms with Gasteiger partial charge in [0.15, 0.2) is 0 Å². The largest absolute Gasteiger partial charge is 0.392 e. The van der Waals surface area contributed by atoms with Gasteiger partial charge in [-0.3, -0.25) is 4.79 Å². The molecule has 1 saturated heterocycles. The molecule has 1 aliphatic heterocycles. The molecule has 0 radical (unpaired) electrons. The highest BCUT2D eigenvalue weighted by Crippen LogP contribution is 2.33. The summed E-state index contributed by atoms with van der Waals surface area (Å²) < 4.78 is 13.4. The first kappa shape index (κ1) is 17.7. The number of rotatable bonds is 4. The first-order chi connectivity index (χ1) is 13.0. The van der Waals surface area contributed by atoms with E-state index in [1.807, 2.05) is 17.0 Å². The van der Waals surface area contributed by atoms with Gasteiger partial charge >= 0.3 is 0 Å². The molecule has 1 heterocycles. The molecule has 2 aromatic carbocycles. The number of aliphatic hydroxyl groups excluding tert-OH is 1. The fourth-order valence-electron chi connectivity index (χ4n) is 4.25. The third kappa shape index (κ3) is 3.47. The number of aliphatic hydroxyl groups is 1. The lowest BCUT2D eigenvalue weighted by Crippen LogP contribution is -2.54. The SMILES string of the molecule is C=C1[C@@H](C2Cc3ccccc3C2)NC(=O)CN1Cc1ccc(F)cc1CO. The molecule has 1 aliphatic carbocycles. The molecule has 4 rings (SSSR count). The molecule has 1 atom stereocenters. The van der Waals surface area contributed by atoms with E-state index in [1.165, 1.54) is 23.3 Å². The zero-order valence-corrected chi connectivity index (χ0v) is 15.1. The van der Waals surface area contributed by atoms with Gasteiger partial charge in [-0.25, -0.2) is 4.39 Å². The number of nitrogens with zero attached hydrogens (tertiary/aromatic N) is 1. The molecule has 2 aromatic rings. The number of hydrogen-bond donors (Lipinski definition) is 2. The number of nitrogens with one attached hydrogen (secondary N) is 1. The summed E-state index contributed by atoms with van der Waals surface area (Å²) in [4.78, 5) is 14.3. The summed E-state index contributed by atoms with van der Waals surface area (Å²) in [6.07, 6.45) is 1.85. The van der Waals surface area contributed by atoms with E-state index >= 15 is 0 Å². The minimum Gasteiger partial charge on any atom is -0.392 e. The van der Waals surface area contributed by atoms with Gasteiger partial charge in [0.05, 0.1) is 19.2 Å². The zero-order chi connectivity index (χ0) is 19.0. The van der Waals surface area contributed by atoms with Crippen LogP contribution in [0.5, 0.6) is 0 Å². The van der Waals surface area contributed by atoms with E-state index in [4.69, 9.17) is 0 Å². The van der Waals surface area contributed by atoms with Gasteiger partial charge in [-0.2, -0.15) is 0 Å². The fourth-order valence-corrected chi connectivity index (χ4v) is 4.25. The molecule has 27 heavy (non-hydrogen) atoms. The highest BCUT2D eigenvalue weighted by molar-refractivity contribution is 5.80. The van der Waals surface area contributed by atoms with Gasteiger partial charge < -0.3 is 15.3 Å². The van der Waals surface area contributed by atoms with Crippen molar-refractivity contribution in [2.45, 2.75) is 32.0 Å². The lowest BCUT2D eigenvalue weighted by atomic mass is 9.91. The summed E-state index contributed by atoms with van der Waals surface area (Å²) in [7, 11) is 0. The van der Waals surface area contributed by atoms with Crippen LogP contribution < -0.4 is 5.32 Å². The maximum Gasteiger partial charge on any atom is 0.240 e. The summed E-state index contributed by atoms with van der Waals surface area (Å²) in [5, 5.41) is 12.6. The van der Waals surface area contributed by atoms with Gasteiger partial charge in [-0.1, -0.05) is 36.9 Å². The first-order valence-corrected chi connectivity index (χ1v) is 9.23. The predicted molar refractivity (Wildman–Crippen MR) is 101 cm³/mol. The van der Waals surface area contributed by atoms with Crippen LogP contribution in [0, 0.1) is 11.7 Å². The average molecular weight is 366 g/mol. The van der Waals surface area contributed by atoms with Crippen LogP contribution >= 0.6 is 0 Å². The van der Waals surface area contributed by atoms with E-state index in [1.54, 1.807) is 6.07 Å². The summed E-state index contributed by atoms with van der Waals surface area (Å²) in [5.74, 6) is -0.122. The van der Waals surface area contributed by atoms with E-state index in [0.29, 0.717) is 12.1 Å². The third-order valence-corrected chi connectivity index (χ3v) is 5.67. The number of carbonyl (C=O) groups excluding carboxylic acids is 1. The lowest BCUT2D eigenvalue weighted by Gasteiger charge is -2.39. The maximum absolute atomic E-state index is 13.4. The molecule has 2 N–H and O–H groups in total. The average Bonchev–Trinajstić information content (AvgIpc) is 3.09. The Labute approximate surface area is 158 Å². The number of fused-ring (bicyclic) bond motifs is 1. The fraction of sp³-hybridized carbons (Fsp3) is 0.318. The van der Waals surface area contributed by atoms with Crippen molar-refractivity contribution in [1.29, 1.82) is 0 Å². The normalized spacial score (nSPS) is 19.9. The molecule has 140 valence electrons. The Balaban J connectivity index is 1.54. The lowest BCUT2D eigenvalue weighted by molar-refractivity contribution is -0.124. The van der Waals surface area contributed by atoms with Crippen molar-refractivity contribution in [2.24, 2.45) is 5.92 Å². The van der Waals surface area contributed by atoms with Crippen LogP contribution in [0.1, 0.15) is 22.3 Å². The van der Waals surface area contributed by atoms with Crippen molar-refractivity contribution in [1.82, 2.24) is 10.2 Å². The van der Waals surface area contributed by atoms with Gasteiger partial charge in [-0.05, 0) is 53.1 Å². The molecular formula is C22H23FN2O2. The minimum atomic E-state index is -0.375. The van der Waals surface area contributed by atoms with Crippen molar-refractivity contribution in [2.75, 3.05) is 6.54 Å². The highest BCUT2D eigenvalue weighted by Gasteiger charge is 2.36. The first-order valence-electron chi connectivity index (χ1n) is 9.23. The predicted octanol–water partition coefficient (Wildman–Crippen LogP) is 2.55. The van der Waals surface area contributed by atoms with Crippen molar-refractivity contribution in [3.8, 4) is 0 Å². The molecular weight excluding hydrogens is 343 g/mol. The Bertz CT molecular complexity index is 871. The second-order valence-electron chi connectivity index (χ2n) is 7.40. The monoisotopic (exact) mass is 366 g/mol. The van der Waals surface area contributed by atoms with Crippen LogP contribution in [0.25, 0.3) is 0 Å². The van der Waals surface area contributed by atoms with Crippen molar-refractivity contribution in [3.63, 3.8) is 0 Å². The second kappa shape index (κ2) is 7.16. The Morgan fingerprint density at radius 3 is 2.52 bits per heavy atom. The van der Waals surface area contributed by atoms with E-state index < -0.39 is 0 Å². The standard InChI is InChI=1S/C22H23FN2O2/c1-14-22(18-8-15-4-2-3-5-16(15)9-18)24-21(27)12-25(14)11-17-6-7-20(23)10-19(17)13-26/h2-7,10,18,22,26H,1,8-9,11-13H2,(H,24,27)/t22-/m0/s1. The van der Waals surface area contributed by atoms with Crippen molar-refractivity contribution in [3.05, 3.63) is 82.8 Å². The van der Waals surface area contributed by atoms with Gasteiger partial charge in [0.25, 0.3) is 0 Å². The topological polar surface area (TPSA) is 52.6 Å². The summed E-state index contributed by atoms with van der Waals surface area (Å²) >= 11 is 0. The zero-order valence-electron chi connectivity index (χ0n) is 15.1. The van der Waals surface area contributed by atoms with Crippen molar-refractivity contribution >= 4 is 5.91 Å². The minimum absolute atomic E-state index is 0.0315. The molecule has 0 saturated carbocycles. The third-order valence-electron chi connectivity index (χ3n) is 5.67. The Hall–Kier alpha value is -2.66. The molecule has 1 fully saturated rings. The maximum atomic E-state index is 13.4. The van der Waals surface area contributed by atoms with Crippen LogP contribution in [0.3, 0.4) is 0 Å². The summed E-state index contributed by atoms with van der Waals surface area (Å²) in [5.41, 5.74) is 4.90. The molecule has 0 unspecified atom stereocenters. The van der Waals surface area contributed by atoms with Crippen LogP contribution in [-0.4, -0.2) is 28.5 Å². The number of piperazine rings is 1. The number of carbonyl (C=O) groups is 1. The Morgan fingerprint density at radius 2 is 1.85 bits per heavy atom. The van der Waals surface area contributed by atoms with E-state index in [9.17, 15) is 14.3 Å². The van der Waals surface area contributed by atoms with Crippen molar-refractivity contribution < 1.29 is 14.3 Å².